The molecule has 8 nitrogen and oxygen atoms in total. The van der Waals surface area contributed by atoms with Crippen molar-refractivity contribution in [3.8, 4) is 11.1 Å². The predicted octanol–water partition coefficient (Wildman–Crippen LogP) is 2.56. The van der Waals surface area contributed by atoms with Crippen LogP contribution >= 0.6 is 19.2 Å². The summed E-state index contributed by atoms with van der Waals surface area (Å²) in [5, 5.41) is 10.7. The molecule has 0 aliphatic rings. The van der Waals surface area contributed by atoms with Crippen molar-refractivity contribution in [2.75, 3.05) is 0 Å². The predicted molar refractivity (Wildman–Crippen MR) is 93.3 cm³/mol. The zero-order valence-electron chi connectivity index (χ0n) is 12.3. The Kier molecular flexibility index (Phi) is 4.22. The molecule has 0 atom stereocenters. The largest absolute Gasteiger partial charge is 0.361 e. The molecule has 0 saturated carbocycles. The first-order valence-electron chi connectivity index (χ1n) is 6.84. The second-order valence-electron chi connectivity index (χ2n) is 5.25. The molecule has 0 bridgehead atoms. The number of nitrogens with one attached hydrogen (secondary N) is 1. The van der Waals surface area contributed by atoms with E-state index in [1.54, 1.807) is 6.07 Å². The molecule has 2 aromatic carbocycles. The summed E-state index contributed by atoms with van der Waals surface area (Å²) in [5.74, 6) is 0. The second-order valence-corrected chi connectivity index (χ2v) is 7.23. The molecule has 0 saturated heterocycles. The number of aromatic nitrogens is 1. The van der Waals surface area contributed by atoms with E-state index in [0.29, 0.717) is 22.0 Å². The first-order valence-corrected chi connectivity index (χ1v) is 8.83. The summed E-state index contributed by atoms with van der Waals surface area (Å²) in [7, 11) is -4.73. The third kappa shape index (κ3) is 3.33. The number of rotatable bonds is 3. The van der Waals surface area contributed by atoms with Gasteiger partial charge in [-0.3, -0.25) is 19.5 Å². The van der Waals surface area contributed by atoms with E-state index in [4.69, 9.17) is 11.6 Å². The molecule has 10 heteroatoms. The SMILES string of the molecule is O=c1[nH]c2cc(Cl)c(-c3ccc([N+](=O)[O-])cc3)cc2cc1P(=O)(O)O. The number of pyridine rings is 1. The van der Waals surface area contributed by atoms with E-state index in [0.717, 1.165) is 6.07 Å². The zero-order chi connectivity index (χ0) is 18.4. The fourth-order valence-electron chi connectivity index (χ4n) is 2.42. The van der Waals surface area contributed by atoms with Crippen LogP contribution in [-0.4, -0.2) is 19.7 Å². The Morgan fingerprint density at radius 2 is 1.76 bits per heavy atom. The fourth-order valence-corrected chi connectivity index (χ4v) is 3.32. The summed E-state index contributed by atoms with van der Waals surface area (Å²) >= 11 is 6.21. The minimum absolute atomic E-state index is 0.0752. The van der Waals surface area contributed by atoms with Crippen LogP contribution in [0.4, 0.5) is 5.69 Å². The molecule has 0 unspecified atom stereocenters. The van der Waals surface area contributed by atoms with Gasteiger partial charge in [-0.2, -0.15) is 0 Å². The molecule has 3 rings (SSSR count). The Morgan fingerprint density at radius 1 is 1.12 bits per heavy atom. The van der Waals surface area contributed by atoms with Gasteiger partial charge in [0, 0.05) is 23.2 Å². The van der Waals surface area contributed by atoms with Crippen molar-refractivity contribution in [3.05, 3.63) is 68.0 Å². The summed E-state index contributed by atoms with van der Waals surface area (Å²) in [6, 6.07) is 9.79. The maximum Gasteiger partial charge on any atom is 0.361 e. The third-order valence-corrected chi connectivity index (χ3v) is 4.89. The van der Waals surface area contributed by atoms with Gasteiger partial charge < -0.3 is 14.8 Å². The lowest BCUT2D eigenvalue weighted by atomic mass is 10.0. The van der Waals surface area contributed by atoms with Crippen molar-refractivity contribution in [3.63, 3.8) is 0 Å². The molecule has 25 heavy (non-hydrogen) atoms. The Bertz CT molecular complexity index is 1100. The Morgan fingerprint density at radius 3 is 2.32 bits per heavy atom. The summed E-state index contributed by atoms with van der Waals surface area (Å²) in [5.41, 5.74) is 0.445. The molecule has 3 N–H and O–H groups in total. The quantitative estimate of drug-likeness (QED) is 0.363. The Balaban J connectivity index is 2.21. The molecule has 0 spiro atoms. The van der Waals surface area contributed by atoms with Crippen LogP contribution in [0.3, 0.4) is 0 Å². The van der Waals surface area contributed by atoms with Crippen molar-refractivity contribution in [2.24, 2.45) is 0 Å². The van der Waals surface area contributed by atoms with Gasteiger partial charge in [0.05, 0.1) is 9.95 Å². The van der Waals surface area contributed by atoms with Crippen LogP contribution in [0.1, 0.15) is 0 Å². The number of nitro groups is 1. The number of fused-ring (bicyclic) bond motifs is 1. The van der Waals surface area contributed by atoms with Gasteiger partial charge in [-0.05, 0) is 41.3 Å². The summed E-state index contributed by atoms with van der Waals surface area (Å²) in [6.45, 7) is 0. The highest BCUT2D eigenvalue weighted by molar-refractivity contribution is 7.60. The van der Waals surface area contributed by atoms with E-state index >= 15 is 0 Å². The topological polar surface area (TPSA) is 134 Å². The minimum atomic E-state index is -4.73. The average molecular weight is 381 g/mol. The van der Waals surface area contributed by atoms with Crippen LogP contribution in [-0.2, 0) is 4.57 Å². The molecule has 0 fully saturated rings. The molecule has 1 aromatic heterocycles. The summed E-state index contributed by atoms with van der Waals surface area (Å²) < 4.78 is 11.4. The van der Waals surface area contributed by atoms with Gasteiger partial charge >= 0.3 is 7.60 Å². The van der Waals surface area contributed by atoms with E-state index in [1.165, 1.54) is 30.3 Å². The van der Waals surface area contributed by atoms with Crippen molar-refractivity contribution in [2.45, 2.75) is 0 Å². The molecule has 1 heterocycles. The molecular weight excluding hydrogens is 371 g/mol. The number of benzene rings is 2. The van der Waals surface area contributed by atoms with Crippen LogP contribution in [0.25, 0.3) is 22.0 Å². The van der Waals surface area contributed by atoms with Crippen LogP contribution in [0.2, 0.25) is 5.02 Å². The number of nitrogens with zero attached hydrogens (tertiary/aromatic N) is 1. The molecular formula is C15H10ClN2O6P. The van der Waals surface area contributed by atoms with Crippen molar-refractivity contribution in [1.82, 2.24) is 4.98 Å². The Labute approximate surface area is 145 Å². The number of hydrogen-bond acceptors (Lipinski definition) is 4. The normalized spacial score (nSPS) is 11.6. The molecule has 0 amide bonds. The highest BCUT2D eigenvalue weighted by Crippen LogP contribution is 2.35. The second kappa shape index (κ2) is 6.09. The monoisotopic (exact) mass is 380 g/mol. The van der Waals surface area contributed by atoms with Gasteiger partial charge in [-0.25, -0.2) is 0 Å². The average Bonchev–Trinajstić information content (AvgIpc) is 2.52. The molecule has 0 aliphatic carbocycles. The van der Waals surface area contributed by atoms with E-state index in [-0.39, 0.29) is 10.7 Å². The van der Waals surface area contributed by atoms with Crippen molar-refractivity contribution >= 4 is 41.1 Å². The van der Waals surface area contributed by atoms with Gasteiger partial charge in [0.15, 0.2) is 0 Å². The smallest absolute Gasteiger partial charge is 0.321 e. The summed E-state index contributed by atoms with van der Waals surface area (Å²) in [4.78, 5) is 42.9. The molecule has 0 radical (unpaired) electrons. The highest BCUT2D eigenvalue weighted by Gasteiger charge is 2.22. The van der Waals surface area contributed by atoms with Gasteiger partial charge in [-0.15, -0.1) is 0 Å². The fraction of sp³-hybridized carbons (Fsp3) is 0. The molecule has 128 valence electrons. The van der Waals surface area contributed by atoms with E-state index in [2.05, 4.69) is 4.98 Å². The first-order chi connectivity index (χ1) is 11.7. The highest BCUT2D eigenvalue weighted by atomic mass is 35.5. The lowest BCUT2D eigenvalue weighted by Crippen LogP contribution is -2.26. The standard InChI is InChI=1S/C15H10ClN2O6P/c16-12-7-13-9(6-14(15(19)17-13)25(22,23)24)5-11(12)8-1-3-10(4-2-8)18(20)21/h1-7H,(H,17,19)(H2,22,23,24). The third-order valence-electron chi connectivity index (χ3n) is 3.62. The molecule has 0 aliphatic heterocycles. The first kappa shape index (κ1) is 17.3. The maximum absolute atomic E-state index is 11.8. The number of halogens is 1. The van der Waals surface area contributed by atoms with Crippen molar-refractivity contribution in [1.29, 1.82) is 0 Å². The van der Waals surface area contributed by atoms with Gasteiger partial charge in [0.1, 0.15) is 5.30 Å². The number of H-pyrrole nitrogens is 1. The minimum Gasteiger partial charge on any atom is -0.321 e. The lowest BCUT2D eigenvalue weighted by Gasteiger charge is -2.09. The number of hydrogen-bond donors (Lipinski definition) is 3. The van der Waals surface area contributed by atoms with Gasteiger partial charge in [0.25, 0.3) is 11.2 Å². The zero-order valence-corrected chi connectivity index (χ0v) is 14.0. The van der Waals surface area contributed by atoms with Gasteiger partial charge in [0.2, 0.25) is 0 Å². The molecule has 3 aromatic rings. The Hall–Kier alpha value is -2.51. The maximum atomic E-state index is 11.8. The van der Waals surface area contributed by atoms with Crippen LogP contribution in [0.5, 0.6) is 0 Å². The number of non-ortho nitro benzene ring substituents is 1. The van der Waals surface area contributed by atoms with Crippen LogP contribution in [0.15, 0.2) is 47.3 Å². The van der Waals surface area contributed by atoms with Gasteiger partial charge in [-0.1, -0.05) is 11.6 Å². The number of aromatic amines is 1. The van der Waals surface area contributed by atoms with Crippen molar-refractivity contribution < 1.29 is 19.3 Å². The lowest BCUT2D eigenvalue weighted by molar-refractivity contribution is -0.384. The van der Waals surface area contributed by atoms with Crippen LogP contribution < -0.4 is 10.9 Å². The van der Waals surface area contributed by atoms with E-state index in [1.807, 2.05) is 0 Å². The number of nitro benzene ring substituents is 1. The van der Waals surface area contributed by atoms with E-state index < -0.39 is 23.4 Å². The van der Waals surface area contributed by atoms with E-state index in [9.17, 15) is 29.3 Å². The summed E-state index contributed by atoms with van der Waals surface area (Å²) in [6.07, 6.45) is 0. The van der Waals surface area contributed by atoms with Crippen LogP contribution in [0, 0.1) is 10.1 Å².